The maximum atomic E-state index is 6.59. The van der Waals surface area contributed by atoms with Crippen molar-refractivity contribution in [2.75, 3.05) is 0 Å². The third-order valence-electron chi connectivity index (χ3n) is 12.1. The van der Waals surface area contributed by atoms with Crippen molar-refractivity contribution >= 4 is 65.4 Å². The van der Waals surface area contributed by atoms with Crippen molar-refractivity contribution in [1.29, 1.82) is 0 Å². The molecule has 330 valence electrons. The number of ether oxygens (including phenoxy) is 2. The van der Waals surface area contributed by atoms with Crippen LogP contribution in [0.15, 0.2) is 146 Å². The van der Waals surface area contributed by atoms with Gasteiger partial charge in [-0.15, -0.1) is 59.3 Å². The number of aromatic nitrogens is 8. The van der Waals surface area contributed by atoms with Gasteiger partial charge in [-0.05, 0) is 70.1 Å². The van der Waals surface area contributed by atoms with Crippen LogP contribution in [0.25, 0.3) is 83.0 Å². The standard InChI is InChI=1S/C55H38N8O2.2Pt/c1-33(2)35-21-23-57-53(25-35)61-47-11-7-5-9-41(47)43-17-13-37(27-49(43)61)64-39-15-19-45-46-20-16-40(30-52(46)63(51(45)29-39)55-59-31-56-32-60-55)65-38-14-18-44-42-10-6-8-12-48(42)62(50(44)28-38)54-26-36(34(3)4)22-24-58-54;;/h5-26,31-34H,1-4H3;;/q-4;2*+2. The predicted molar refractivity (Wildman–Crippen MR) is 255 cm³/mol. The normalized spacial score (nSPS) is 11.6. The zero-order valence-corrected chi connectivity index (χ0v) is 41.1. The molecule has 67 heavy (non-hydrogen) atoms. The number of pyridine rings is 2. The molecule has 6 heterocycles. The van der Waals surface area contributed by atoms with Gasteiger partial charge in [0.25, 0.3) is 0 Å². The Morgan fingerprint density at radius 1 is 0.418 bits per heavy atom. The number of para-hydroxylation sites is 2. The van der Waals surface area contributed by atoms with Crippen LogP contribution in [0.4, 0.5) is 0 Å². The van der Waals surface area contributed by atoms with Crippen LogP contribution < -0.4 is 9.47 Å². The van der Waals surface area contributed by atoms with E-state index in [-0.39, 0.29) is 42.1 Å². The molecule has 10 nitrogen and oxygen atoms in total. The molecule has 0 atom stereocenters. The van der Waals surface area contributed by atoms with Gasteiger partial charge < -0.3 is 23.2 Å². The molecule has 0 fully saturated rings. The molecule has 0 aliphatic heterocycles. The number of hydrogen-bond acceptors (Lipinski definition) is 7. The Labute approximate surface area is 414 Å². The summed E-state index contributed by atoms with van der Waals surface area (Å²) in [5.74, 6) is 4.85. The summed E-state index contributed by atoms with van der Waals surface area (Å²) in [5.41, 5.74) is 7.66. The van der Waals surface area contributed by atoms with E-state index in [0.29, 0.717) is 51.8 Å². The largest absolute Gasteiger partial charge is 2.00 e. The van der Waals surface area contributed by atoms with Crippen LogP contribution in [0.1, 0.15) is 50.7 Å². The van der Waals surface area contributed by atoms with Crippen LogP contribution in [0.5, 0.6) is 23.0 Å². The van der Waals surface area contributed by atoms with E-state index in [1.54, 1.807) is 0 Å². The molecular weight excluding hydrogens is 1190 g/mol. The van der Waals surface area contributed by atoms with E-state index < -0.39 is 0 Å². The molecule has 12 rings (SSSR count). The predicted octanol–water partition coefficient (Wildman–Crippen LogP) is 13.0. The first-order chi connectivity index (χ1) is 31.9. The summed E-state index contributed by atoms with van der Waals surface area (Å²) in [7, 11) is 0. The molecule has 0 N–H and O–H groups in total. The van der Waals surface area contributed by atoms with Crippen molar-refractivity contribution in [2.24, 2.45) is 0 Å². The molecule has 0 aliphatic rings. The number of hydrogen-bond donors (Lipinski definition) is 0. The molecule has 12 heteroatoms. The molecule has 12 aromatic rings. The first kappa shape index (κ1) is 43.9. The second-order valence-corrected chi connectivity index (χ2v) is 16.7. The van der Waals surface area contributed by atoms with E-state index in [1.165, 1.54) is 23.8 Å². The van der Waals surface area contributed by atoms with Crippen molar-refractivity contribution in [2.45, 2.75) is 39.5 Å². The number of nitrogens with zero attached hydrogens (tertiary/aromatic N) is 8. The van der Waals surface area contributed by atoms with Crippen molar-refractivity contribution in [3.63, 3.8) is 0 Å². The summed E-state index contributed by atoms with van der Waals surface area (Å²) in [5, 5.41) is 6.17. The number of rotatable bonds is 9. The van der Waals surface area contributed by atoms with Crippen LogP contribution >= 0.6 is 0 Å². The average Bonchev–Trinajstić information content (AvgIpc) is 3.96. The smallest absolute Gasteiger partial charge is 0.509 e. The first-order valence-corrected chi connectivity index (χ1v) is 21.6. The fourth-order valence-corrected chi connectivity index (χ4v) is 8.91. The Morgan fingerprint density at radius 2 is 0.791 bits per heavy atom. The molecule has 0 saturated carbocycles. The number of benzene rings is 6. The van der Waals surface area contributed by atoms with Crippen LogP contribution in [-0.2, 0) is 42.1 Å². The van der Waals surface area contributed by atoms with E-state index in [0.717, 1.165) is 66.0 Å². The molecule has 0 amide bonds. The maximum Gasteiger partial charge on any atom is 2.00 e. The molecule has 0 aliphatic carbocycles. The van der Waals surface area contributed by atoms with Gasteiger partial charge in [-0.2, -0.15) is 35.0 Å². The van der Waals surface area contributed by atoms with Gasteiger partial charge in [-0.3, -0.25) is 0 Å². The molecule has 0 radical (unpaired) electrons. The van der Waals surface area contributed by atoms with E-state index >= 15 is 0 Å². The van der Waals surface area contributed by atoms with Gasteiger partial charge in [0.15, 0.2) is 0 Å². The quantitative estimate of drug-likeness (QED) is 0.133. The molecular formula is C55H38N8O2Pt2. The third kappa shape index (κ3) is 7.58. The van der Waals surface area contributed by atoms with E-state index in [1.807, 2.05) is 65.5 Å². The second-order valence-electron chi connectivity index (χ2n) is 16.7. The first-order valence-electron chi connectivity index (χ1n) is 21.6. The molecule has 6 aromatic heterocycles. The van der Waals surface area contributed by atoms with Gasteiger partial charge in [0.1, 0.15) is 24.3 Å². The fraction of sp³-hybridized carbons (Fsp3) is 0.109. The molecule has 0 spiro atoms. The van der Waals surface area contributed by atoms with Gasteiger partial charge in [0.2, 0.25) is 5.95 Å². The third-order valence-corrected chi connectivity index (χ3v) is 12.1. The maximum absolute atomic E-state index is 6.59. The minimum atomic E-state index is 0. The van der Waals surface area contributed by atoms with Crippen molar-refractivity contribution in [3.05, 3.63) is 182 Å². The Balaban J connectivity index is 0.00000263. The topological polar surface area (TPSA) is 97.7 Å². The van der Waals surface area contributed by atoms with Crippen LogP contribution in [0.2, 0.25) is 0 Å². The van der Waals surface area contributed by atoms with Gasteiger partial charge in [-0.1, -0.05) is 86.2 Å². The average molecular weight is 1230 g/mol. The van der Waals surface area contributed by atoms with Crippen LogP contribution in [0.3, 0.4) is 0 Å². The summed E-state index contributed by atoms with van der Waals surface area (Å²) in [4.78, 5) is 22.8. The van der Waals surface area contributed by atoms with Crippen LogP contribution in [-0.4, -0.2) is 38.6 Å². The van der Waals surface area contributed by atoms with E-state index in [2.05, 4.69) is 149 Å². The molecule has 0 bridgehead atoms. The van der Waals surface area contributed by atoms with E-state index in [9.17, 15) is 0 Å². The van der Waals surface area contributed by atoms with Crippen molar-refractivity contribution < 1.29 is 51.6 Å². The van der Waals surface area contributed by atoms with Crippen molar-refractivity contribution in [1.82, 2.24) is 38.6 Å². The molecule has 0 unspecified atom stereocenters. The monoisotopic (exact) mass is 1230 g/mol. The minimum Gasteiger partial charge on any atom is -0.509 e. The Morgan fingerprint density at radius 3 is 1.19 bits per heavy atom. The Hall–Kier alpha value is -6.99. The minimum absolute atomic E-state index is 0. The summed E-state index contributed by atoms with van der Waals surface area (Å²) in [6.07, 6.45) is 6.70. The zero-order chi connectivity index (χ0) is 43.8. The Bertz CT molecular complexity index is 3590. The summed E-state index contributed by atoms with van der Waals surface area (Å²) in [6.45, 7) is 8.75. The molecule has 0 saturated heterocycles. The second kappa shape index (κ2) is 17.7. The summed E-state index contributed by atoms with van der Waals surface area (Å²) < 4.78 is 19.4. The van der Waals surface area contributed by atoms with Gasteiger partial charge >= 0.3 is 42.1 Å². The van der Waals surface area contributed by atoms with Gasteiger partial charge in [-0.25, -0.2) is 24.9 Å². The van der Waals surface area contributed by atoms with Gasteiger partial charge in [0.05, 0.1) is 0 Å². The fourth-order valence-electron chi connectivity index (χ4n) is 8.91. The summed E-state index contributed by atoms with van der Waals surface area (Å²) >= 11 is 0. The van der Waals surface area contributed by atoms with Crippen molar-refractivity contribution in [3.8, 4) is 40.6 Å². The zero-order valence-electron chi connectivity index (χ0n) is 36.5. The Kier molecular flexibility index (Phi) is 11.6. The van der Waals surface area contributed by atoms with Gasteiger partial charge in [0, 0.05) is 46.4 Å². The van der Waals surface area contributed by atoms with Crippen LogP contribution in [0, 0.1) is 24.3 Å². The summed E-state index contributed by atoms with van der Waals surface area (Å²) in [6, 6.07) is 55.3. The number of fused-ring (bicyclic) bond motifs is 9. The van der Waals surface area contributed by atoms with E-state index in [4.69, 9.17) is 19.4 Å². The molecule has 6 aromatic carbocycles. The SMILES string of the molecule is CC(C)c1ccnc(-n2c3[c-]c(Oc4[c-]c5c(cc4)c4ccc(Oc6[c-]c7c(cc6)c6ccccc6n7-c6cc(C(C)C)ccn6)[c-]c4n5-c4ncncn4)ccc3c3ccccc32)c1.[Pt+2].[Pt+2].